The van der Waals surface area contributed by atoms with Crippen LogP contribution in [0.3, 0.4) is 0 Å². The molecule has 0 fully saturated rings. The molecule has 3 atom stereocenters. The Bertz CT molecular complexity index is 933. The number of esters is 1. The van der Waals surface area contributed by atoms with Gasteiger partial charge in [0.2, 0.25) is 11.8 Å². The zero-order valence-corrected chi connectivity index (χ0v) is 20.6. The molecule has 2 amide bonds. The van der Waals surface area contributed by atoms with E-state index in [4.69, 9.17) is 16.3 Å². The Morgan fingerprint density at radius 3 is 2.88 bits per heavy atom. The lowest BCUT2D eigenvalue weighted by Gasteiger charge is -2.27. The van der Waals surface area contributed by atoms with Crippen LogP contribution in [0, 0.1) is 5.92 Å². The molecule has 1 aromatic heterocycles. The molecule has 0 spiro atoms. The number of carbonyl (C=O) groups excluding carboxylic acids is 3. The summed E-state index contributed by atoms with van der Waals surface area (Å²) < 4.78 is 5.63. The number of nitrogens with one attached hydrogen (secondary N) is 2. The first-order chi connectivity index (χ1) is 15.2. The van der Waals surface area contributed by atoms with Crippen LogP contribution >= 0.6 is 34.7 Å². The number of thioether (sulfide) groups is 1. The first kappa shape index (κ1) is 24.7. The van der Waals surface area contributed by atoms with Crippen molar-refractivity contribution in [3.63, 3.8) is 0 Å². The van der Waals surface area contributed by atoms with Crippen molar-refractivity contribution >= 4 is 57.5 Å². The highest BCUT2D eigenvalue weighted by atomic mass is 35.5. The third kappa shape index (κ3) is 6.11. The summed E-state index contributed by atoms with van der Waals surface area (Å²) >= 11 is 8.60. The van der Waals surface area contributed by atoms with Crippen LogP contribution in [0.25, 0.3) is 0 Å². The molecule has 3 heterocycles. The standard InChI is InChI=1S/C21H27ClN4O4S2/c1-12(2)17-19(28)30-13(6-4-5-7-22)8-15(27)23-9-16-24-14(10-31-16)18-26-21(3,11-32-18)20(29)25-17/h4,6,10,12-13,17H,5,7-9,11H2,1-3H3,(H,23,27)(H,25,29)/b6-4+/t13?,17-,21-/m0/s1. The quantitative estimate of drug-likeness (QED) is 0.375. The number of ether oxygens (including phenoxy) is 1. The van der Waals surface area contributed by atoms with Gasteiger partial charge in [-0.15, -0.1) is 34.7 Å². The number of aromatic nitrogens is 1. The van der Waals surface area contributed by atoms with Crippen LogP contribution in [0.5, 0.6) is 0 Å². The van der Waals surface area contributed by atoms with Gasteiger partial charge in [0.15, 0.2) is 0 Å². The summed E-state index contributed by atoms with van der Waals surface area (Å²) in [7, 11) is 0. The van der Waals surface area contributed by atoms with Gasteiger partial charge < -0.3 is 15.4 Å². The van der Waals surface area contributed by atoms with Gasteiger partial charge in [-0.3, -0.25) is 14.6 Å². The van der Waals surface area contributed by atoms with Gasteiger partial charge >= 0.3 is 5.97 Å². The normalized spacial score (nSPS) is 27.3. The predicted octanol–water partition coefficient (Wildman–Crippen LogP) is 2.65. The summed E-state index contributed by atoms with van der Waals surface area (Å²) in [5.74, 6) is -0.553. The summed E-state index contributed by atoms with van der Waals surface area (Å²) in [5, 5.41) is 8.92. The highest BCUT2D eigenvalue weighted by Crippen LogP contribution is 2.32. The van der Waals surface area contributed by atoms with Crippen molar-refractivity contribution in [2.45, 2.75) is 57.8 Å². The van der Waals surface area contributed by atoms with E-state index in [9.17, 15) is 14.4 Å². The topological polar surface area (TPSA) is 110 Å². The Morgan fingerprint density at radius 1 is 1.38 bits per heavy atom. The Hall–Kier alpha value is -1.91. The zero-order chi connectivity index (χ0) is 23.3. The number of allylic oxidation sites excluding steroid dienone is 1. The molecule has 174 valence electrons. The van der Waals surface area contributed by atoms with Gasteiger partial charge in [-0.05, 0) is 25.3 Å². The fourth-order valence-electron chi connectivity index (χ4n) is 3.14. The maximum absolute atomic E-state index is 13.1. The number of rotatable bonds is 4. The molecule has 1 unspecified atom stereocenters. The first-order valence-corrected chi connectivity index (χ1v) is 12.8. The summed E-state index contributed by atoms with van der Waals surface area (Å²) in [5.41, 5.74) is -0.322. The number of halogens is 1. The third-order valence-corrected chi connectivity index (χ3v) is 7.37. The average molecular weight is 499 g/mol. The number of thiazole rings is 1. The highest BCUT2D eigenvalue weighted by molar-refractivity contribution is 8.14. The van der Waals surface area contributed by atoms with Crippen molar-refractivity contribution in [1.82, 2.24) is 15.6 Å². The molecule has 2 aliphatic rings. The van der Waals surface area contributed by atoms with Crippen molar-refractivity contribution in [2.24, 2.45) is 10.9 Å². The number of nitrogens with zero attached hydrogens (tertiary/aromatic N) is 2. The molecule has 0 aliphatic carbocycles. The molecule has 2 aliphatic heterocycles. The minimum Gasteiger partial charge on any atom is -0.456 e. The SMILES string of the molecule is CC(C)[C@@H]1NC(=O)[C@]2(C)CSC(=N2)c2csc(n2)CNC(=O)CC(/C=C/CCCl)OC1=O. The molecule has 3 rings (SSSR count). The molecule has 1 aromatic rings. The van der Waals surface area contributed by atoms with E-state index in [1.807, 2.05) is 19.2 Å². The second-order valence-electron chi connectivity index (χ2n) is 8.16. The second kappa shape index (κ2) is 10.8. The molecule has 0 saturated carbocycles. The van der Waals surface area contributed by atoms with E-state index >= 15 is 0 Å². The summed E-state index contributed by atoms with van der Waals surface area (Å²) in [6.07, 6.45) is 3.21. The smallest absolute Gasteiger partial charge is 0.329 e. The molecule has 8 nitrogen and oxygen atoms in total. The van der Waals surface area contributed by atoms with E-state index in [1.165, 1.54) is 23.1 Å². The zero-order valence-electron chi connectivity index (χ0n) is 18.2. The fraction of sp³-hybridized carbons (Fsp3) is 0.571. The average Bonchev–Trinajstić information content (AvgIpc) is 3.37. The van der Waals surface area contributed by atoms with Crippen molar-refractivity contribution < 1.29 is 19.1 Å². The highest BCUT2D eigenvalue weighted by Gasteiger charge is 2.41. The van der Waals surface area contributed by atoms with Gasteiger partial charge in [0.1, 0.15) is 33.4 Å². The molecule has 2 N–H and O–H groups in total. The van der Waals surface area contributed by atoms with Gasteiger partial charge in [0.25, 0.3) is 0 Å². The van der Waals surface area contributed by atoms with Crippen LogP contribution < -0.4 is 10.6 Å². The van der Waals surface area contributed by atoms with Gasteiger partial charge in [0, 0.05) is 17.0 Å². The van der Waals surface area contributed by atoms with Crippen molar-refractivity contribution in [3.8, 4) is 0 Å². The molecule has 11 heteroatoms. The van der Waals surface area contributed by atoms with Gasteiger partial charge in [-0.1, -0.05) is 19.9 Å². The summed E-state index contributed by atoms with van der Waals surface area (Å²) in [6.45, 7) is 5.67. The van der Waals surface area contributed by atoms with Gasteiger partial charge in [0.05, 0.1) is 13.0 Å². The predicted molar refractivity (Wildman–Crippen MR) is 127 cm³/mol. The lowest BCUT2D eigenvalue weighted by atomic mass is 10.0. The summed E-state index contributed by atoms with van der Waals surface area (Å²) in [4.78, 5) is 47.7. The fourth-order valence-corrected chi connectivity index (χ4v) is 5.19. The maximum atomic E-state index is 13.1. The molecule has 32 heavy (non-hydrogen) atoms. The minimum absolute atomic E-state index is 0.0399. The second-order valence-corrected chi connectivity index (χ2v) is 10.4. The number of cyclic esters (lactones) is 1. The van der Waals surface area contributed by atoms with E-state index in [-0.39, 0.29) is 30.7 Å². The molecule has 0 radical (unpaired) electrons. The summed E-state index contributed by atoms with van der Waals surface area (Å²) in [6, 6.07) is -0.866. The van der Waals surface area contributed by atoms with Crippen LogP contribution in [0.1, 0.15) is 44.3 Å². The van der Waals surface area contributed by atoms with Crippen molar-refractivity contribution in [3.05, 3.63) is 28.2 Å². The molecule has 0 aromatic carbocycles. The molecule has 0 saturated heterocycles. The lowest BCUT2D eigenvalue weighted by molar-refractivity contribution is -0.153. The van der Waals surface area contributed by atoms with E-state index in [2.05, 4.69) is 20.6 Å². The van der Waals surface area contributed by atoms with Crippen LogP contribution in [0.15, 0.2) is 22.5 Å². The Balaban J connectivity index is 1.92. The van der Waals surface area contributed by atoms with Crippen molar-refractivity contribution in [2.75, 3.05) is 11.6 Å². The van der Waals surface area contributed by atoms with Crippen molar-refractivity contribution in [1.29, 1.82) is 0 Å². The van der Waals surface area contributed by atoms with E-state index in [0.717, 1.165) is 5.01 Å². The first-order valence-electron chi connectivity index (χ1n) is 10.4. The number of hydrogen-bond donors (Lipinski definition) is 2. The Morgan fingerprint density at radius 2 is 2.16 bits per heavy atom. The van der Waals surface area contributed by atoms with E-state index in [0.29, 0.717) is 28.8 Å². The van der Waals surface area contributed by atoms with Gasteiger partial charge in [-0.2, -0.15) is 0 Å². The van der Waals surface area contributed by atoms with Crippen LogP contribution in [0.4, 0.5) is 0 Å². The largest absolute Gasteiger partial charge is 0.456 e. The number of alkyl halides is 1. The molecular formula is C21H27ClN4O4S2. The van der Waals surface area contributed by atoms with Crippen LogP contribution in [0.2, 0.25) is 0 Å². The minimum atomic E-state index is -1.01. The monoisotopic (exact) mass is 498 g/mol. The number of carbonyl (C=O) groups is 3. The number of fused-ring (bicyclic) bond motifs is 4. The Kier molecular flexibility index (Phi) is 8.35. The van der Waals surface area contributed by atoms with E-state index < -0.39 is 23.7 Å². The number of amides is 2. The maximum Gasteiger partial charge on any atom is 0.329 e. The van der Waals surface area contributed by atoms with Gasteiger partial charge in [-0.25, -0.2) is 9.78 Å². The molecular weight excluding hydrogens is 472 g/mol. The lowest BCUT2D eigenvalue weighted by Crippen LogP contribution is -2.53. The molecule has 4 bridgehead atoms. The Labute approximate surface area is 200 Å². The number of hydrogen-bond acceptors (Lipinski definition) is 8. The third-order valence-electron chi connectivity index (χ3n) is 5.02. The van der Waals surface area contributed by atoms with Crippen LogP contribution in [-0.4, -0.2) is 57.1 Å². The van der Waals surface area contributed by atoms with Crippen LogP contribution in [-0.2, 0) is 25.7 Å². The number of aliphatic imine (C=N–C) groups is 1. The van der Waals surface area contributed by atoms with E-state index in [1.54, 1.807) is 19.1 Å².